The lowest BCUT2D eigenvalue weighted by atomic mass is 9.89. The summed E-state index contributed by atoms with van der Waals surface area (Å²) in [6.45, 7) is 4.92. The summed E-state index contributed by atoms with van der Waals surface area (Å²) in [5.74, 6) is 0.852. The third kappa shape index (κ3) is 4.27. The van der Waals surface area contributed by atoms with Crippen molar-refractivity contribution in [2.45, 2.75) is 19.3 Å². The van der Waals surface area contributed by atoms with Gasteiger partial charge < -0.3 is 11.1 Å². The van der Waals surface area contributed by atoms with Gasteiger partial charge in [-0.1, -0.05) is 55.5 Å². The first-order valence-corrected chi connectivity index (χ1v) is 9.06. The van der Waals surface area contributed by atoms with Crippen molar-refractivity contribution in [1.29, 1.82) is 0 Å². The molecule has 0 aliphatic carbocycles. The molecule has 0 spiro atoms. The number of carbonyl (C=O) groups excluding carboxylic acids is 1. The van der Waals surface area contributed by atoms with Gasteiger partial charge in [0.25, 0.3) is 0 Å². The summed E-state index contributed by atoms with van der Waals surface area (Å²) in [5, 5.41) is 3.06. The monoisotopic (exact) mass is 337 g/mol. The fourth-order valence-electron chi connectivity index (χ4n) is 3.75. The molecular weight excluding hydrogens is 310 g/mol. The third-order valence-corrected chi connectivity index (χ3v) is 5.09. The van der Waals surface area contributed by atoms with Gasteiger partial charge in [0, 0.05) is 24.7 Å². The third-order valence-electron chi connectivity index (χ3n) is 5.09. The number of benzene rings is 2. The van der Waals surface area contributed by atoms with Gasteiger partial charge in [0.05, 0.1) is 6.54 Å². The van der Waals surface area contributed by atoms with Crippen LogP contribution in [0.5, 0.6) is 0 Å². The molecule has 1 aliphatic heterocycles. The van der Waals surface area contributed by atoms with E-state index in [4.69, 9.17) is 5.73 Å². The number of hydrogen-bond acceptors (Lipinski definition) is 3. The second-order valence-corrected chi connectivity index (χ2v) is 6.77. The zero-order valence-electron chi connectivity index (χ0n) is 14.8. The molecule has 1 saturated heterocycles. The normalized spacial score (nSPS) is 20.6. The summed E-state index contributed by atoms with van der Waals surface area (Å²) in [6.07, 6.45) is 0.908. The molecular formula is C21H27N3O. The molecule has 0 unspecified atom stereocenters. The van der Waals surface area contributed by atoms with Crippen molar-refractivity contribution < 1.29 is 4.79 Å². The quantitative estimate of drug-likeness (QED) is 0.852. The molecule has 3 N–H and O–H groups in total. The number of carbonyl (C=O) groups is 1. The van der Waals surface area contributed by atoms with Crippen molar-refractivity contribution in [2.24, 2.45) is 11.7 Å². The first-order valence-electron chi connectivity index (χ1n) is 9.06. The van der Waals surface area contributed by atoms with E-state index in [2.05, 4.69) is 47.5 Å². The Morgan fingerprint density at radius 3 is 2.56 bits per heavy atom. The van der Waals surface area contributed by atoms with E-state index < -0.39 is 0 Å². The Hall–Kier alpha value is -2.17. The molecule has 1 heterocycles. The van der Waals surface area contributed by atoms with Crippen LogP contribution in [0.1, 0.15) is 24.0 Å². The van der Waals surface area contributed by atoms with Gasteiger partial charge in [-0.2, -0.15) is 0 Å². The zero-order chi connectivity index (χ0) is 17.6. The zero-order valence-corrected chi connectivity index (χ0v) is 14.8. The summed E-state index contributed by atoms with van der Waals surface area (Å²) >= 11 is 0. The van der Waals surface area contributed by atoms with Crippen LogP contribution in [-0.2, 0) is 11.2 Å². The van der Waals surface area contributed by atoms with Gasteiger partial charge in [0.2, 0.25) is 5.91 Å². The van der Waals surface area contributed by atoms with Crippen molar-refractivity contribution in [3.05, 3.63) is 65.7 Å². The Morgan fingerprint density at radius 1 is 1.12 bits per heavy atom. The molecule has 1 aliphatic rings. The Labute approximate surface area is 150 Å². The number of nitrogens with one attached hydrogen (secondary N) is 1. The van der Waals surface area contributed by atoms with Gasteiger partial charge in [-0.3, -0.25) is 9.69 Å². The summed E-state index contributed by atoms with van der Waals surface area (Å²) in [4.78, 5) is 14.7. The van der Waals surface area contributed by atoms with Crippen LogP contribution < -0.4 is 11.1 Å². The molecule has 0 saturated carbocycles. The second kappa shape index (κ2) is 8.28. The molecule has 1 amide bonds. The predicted octanol–water partition coefficient (Wildman–Crippen LogP) is 2.86. The van der Waals surface area contributed by atoms with Crippen molar-refractivity contribution in [3.63, 3.8) is 0 Å². The van der Waals surface area contributed by atoms with Gasteiger partial charge in [-0.25, -0.2) is 0 Å². The maximum absolute atomic E-state index is 12.5. The van der Waals surface area contributed by atoms with E-state index in [1.165, 1.54) is 11.1 Å². The predicted molar refractivity (Wildman–Crippen MR) is 103 cm³/mol. The molecule has 0 bridgehead atoms. The molecule has 0 radical (unpaired) electrons. The molecule has 4 heteroatoms. The van der Waals surface area contributed by atoms with E-state index >= 15 is 0 Å². The lowest BCUT2D eigenvalue weighted by Crippen LogP contribution is -2.32. The first-order chi connectivity index (χ1) is 12.2. The van der Waals surface area contributed by atoms with Crippen LogP contribution in [0, 0.1) is 5.92 Å². The van der Waals surface area contributed by atoms with Crippen LogP contribution in [0.25, 0.3) is 0 Å². The summed E-state index contributed by atoms with van der Waals surface area (Å²) in [5.41, 5.74) is 9.39. The SMILES string of the molecule is CCc1ccccc1NC(=O)CN1C[C@@H](CN)[C@H](c2ccccc2)C1. The van der Waals surface area contributed by atoms with Crippen LogP contribution in [-0.4, -0.2) is 37.0 Å². The minimum atomic E-state index is 0.0467. The van der Waals surface area contributed by atoms with E-state index in [-0.39, 0.29) is 5.91 Å². The highest BCUT2D eigenvalue weighted by atomic mass is 16.2. The van der Waals surface area contributed by atoms with E-state index in [1.54, 1.807) is 0 Å². The number of nitrogens with zero attached hydrogens (tertiary/aromatic N) is 1. The number of para-hydroxylation sites is 1. The maximum Gasteiger partial charge on any atom is 0.238 e. The lowest BCUT2D eigenvalue weighted by Gasteiger charge is -2.17. The maximum atomic E-state index is 12.5. The van der Waals surface area contributed by atoms with Crippen molar-refractivity contribution in [2.75, 3.05) is 31.5 Å². The molecule has 132 valence electrons. The fourth-order valence-corrected chi connectivity index (χ4v) is 3.75. The van der Waals surface area contributed by atoms with E-state index in [9.17, 15) is 4.79 Å². The van der Waals surface area contributed by atoms with E-state index in [1.807, 2.05) is 24.3 Å². The number of anilines is 1. The number of aryl methyl sites for hydroxylation is 1. The van der Waals surface area contributed by atoms with E-state index in [0.29, 0.717) is 24.9 Å². The van der Waals surface area contributed by atoms with Gasteiger partial charge >= 0.3 is 0 Å². The molecule has 2 aromatic rings. The van der Waals surface area contributed by atoms with Gasteiger partial charge in [-0.15, -0.1) is 0 Å². The average Bonchev–Trinajstić information content (AvgIpc) is 3.05. The van der Waals surface area contributed by atoms with Crippen LogP contribution >= 0.6 is 0 Å². The fraction of sp³-hybridized carbons (Fsp3) is 0.381. The van der Waals surface area contributed by atoms with Crippen LogP contribution in [0.2, 0.25) is 0 Å². The van der Waals surface area contributed by atoms with Crippen LogP contribution in [0.3, 0.4) is 0 Å². The van der Waals surface area contributed by atoms with Gasteiger partial charge in [0.15, 0.2) is 0 Å². The van der Waals surface area contributed by atoms with Crippen LogP contribution in [0.4, 0.5) is 5.69 Å². The smallest absolute Gasteiger partial charge is 0.238 e. The minimum Gasteiger partial charge on any atom is -0.330 e. The first kappa shape index (κ1) is 17.6. The van der Waals surface area contributed by atoms with Crippen LogP contribution in [0.15, 0.2) is 54.6 Å². The molecule has 0 aromatic heterocycles. The summed E-state index contributed by atoms with van der Waals surface area (Å²) < 4.78 is 0. The summed E-state index contributed by atoms with van der Waals surface area (Å²) in [7, 11) is 0. The molecule has 1 fully saturated rings. The Morgan fingerprint density at radius 2 is 1.84 bits per heavy atom. The standard InChI is InChI=1S/C21H27N3O/c1-2-16-8-6-7-11-20(16)23-21(25)15-24-13-18(12-22)19(14-24)17-9-4-3-5-10-17/h3-11,18-19H,2,12-15,22H2,1H3,(H,23,25)/t18-,19+/m1/s1. The lowest BCUT2D eigenvalue weighted by molar-refractivity contribution is -0.117. The van der Waals surface area contributed by atoms with Crippen molar-refractivity contribution in [1.82, 2.24) is 4.90 Å². The van der Waals surface area contributed by atoms with Gasteiger partial charge in [-0.05, 0) is 36.1 Å². The molecule has 4 nitrogen and oxygen atoms in total. The Kier molecular flexibility index (Phi) is 5.84. The van der Waals surface area contributed by atoms with Gasteiger partial charge in [0.1, 0.15) is 0 Å². The number of hydrogen-bond donors (Lipinski definition) is 2. The number of nitrogens with two attached hydrogens (primary N) is 1. The number of likely N-dealkylation sites (tertiary alicyclic amines) is 1. The second-order valence-electron chi connectivity index (χ2n) is 6.77. The number of rotatable bonds is 6. The number of amides is 1. The summed E-state index contributed by atoms with van der Waals surface area (Å²) in [6, 6.07) is 18.5. The molecule has 25 heavy (non-hydrogen) atoms. The molecule has 2 aromatic carbocycles. The minimum absolute atomic E-state index is 0.0467. The van der Waals surface area contributed by atoms with Crippen molar-refractivity contribution >= 4 is 11.6 Å². The highest BCUT2D eigenvalue weighted by molar-refractivity contribution is 5.93. The van der Waals surface area contributed by atoms with Crippen molar-refractivity contribution in [3.8, 4) is 0 Å². The topological polar surface area (TPSA) is 58.4 Å². The Balaban J connectivity index is 1.62. The Bertz CT molecular complexity index is 701. The average molecular weight is 337 g/mol. The largest absolute Gasteiger partial charge is 0.330 e. The molecule has 2 atom stereocenters. The molecule has 3 rings (SSSR count). The highest BCUT2D eigenvalue weighted by Crippen LogP contribution is 2.31. The van der Waals surface area contributed by atoms with E-state index in [0.717, 1.165) is 25.2 Å². The highest BCUT2D eigenvalue weighted by Gasteiger charge is 2.33.